The SMILES string of the molecule is COc1ccc(C=NO)cc1OCCCCCc1ccccc1. The first-order chi connectivity index (χ1) is 11.3. The molecule has 0 unspecified atom stereocenters. The molecule has 0 saturated carbocycles. The van der Waals surface area contributed by atoms with E-state index in [1.807, 2.05) is 24.3 Å². The maximum absolute atomic E-state index is 8.60. The van der Waals surface area contributed by atoms with Crippen molar-refractivity contribution in [3.05, 3.63) is 59.7 Å². The molecular formula is C19H23NO3. The number of oxime groups is 1. The van der Waals surface area contributed by atoms with Crippen molar-refractivity contribution in [2.24, 2.45) is 5.16 Å². The van der Waals surface area contributed by atoms with E-state index in [0.29, 0.717) is 18.1 Å². The third-order valence-corrected chi connectivity index (χ3v) is 3.60. The summed E-state index contributed by atoms with van der Waals surface area (Å²) in [5.41, 5.74) is 2.15. The third kappa shape index (κ3) is 5.66. The van der Waals surface area contributed by atoms with Crippen LogP contribution in [0.25, 0.3) is 0 Å². The normalized spacial score (nSPS) is 10.8. The third-order valence-electron chi connectivity index (χ3n) is 3.60. The fraction of sp³-hybridized carbons (Fsp3) is 0.316. The Kier molecular flexibility index (Phi) is 6.98. The molecular weight excluding hydrogens is 290 g/mol. The Morgan fingerprint density at radius 2 is 1.83 bits per heavy atom. The molecule has 23 heavy (non-hydrogen) atoms. The monoisotopic (exact) mass is 313 g/mol. The highest BCUT2D eigenvalue weighted by Crippen LogP contribution is 2.27. The second-order valence-corrected chi connectivity index (χ2v) is 5.30. The van der Waals surface area contributed by atoms with E-state index >= 15 is 0 Å². The summed E-state index contributed by atoms with van der Waals surface area (Å²) < 4.78 is 11.1. The number of hydrogen-bond donors (Lipinski definition) is 1. The van der Waals surface area contributed by atoms with E-state index in [1.165, 1.54) is 11.8 Å². The van der Waals surface area contributed by atoms with Crippen molar-refractivity contribution in [2.45, 2.75) is 25.7 Å². The van der Waals surface area contributed by atoms with Gasteiger partial charge in [0.15, 0.2) is 11.5 Å². The molecule has 0 aliphatic rings. The van der Waals surface area contributed by atoms with Crippen LogP contribution in [0.3, 0.4) is 0 Å². The van der Waals surface area contributed by atoms with E-state index in [4.69, 9.17) is 14.7 Å². The zero-order valence-corrected chi connectivity index (χ0v) is 13.4. The van der Waals surface area contributed by atoms with Gasteiger partial charge in [0.05, 0.1) is 19.9 Å². The van der Waals surface area contributed by atoms with Crippen LogP contribution in [0.2, 0.25) is 0 Å². The van der Waals surface area contributed by atoms with Gasteiger partial charge in [0, 0.05) is 5.56 Å². The van der Waals surface area contributed by atoms with E-state index < -0.39 is 0 Å². The molecule has 4 heteroatoms. The van der Waals surface area contributed by atoms with E-state index in [2.05, 4.69) is 29.4 Å². The lowest BCUT2D eigenvalue weighted by Crippen LogP contribution is -2.00. The Morgan fingerprint density at radius 1 is 1.00 bits per heavy atom. The molecule has 0 fully saturated rings. The number of nitrogens with zero attached hydrogens (tertiary/aromatic N) is 1. The average Bonchev–Trinajstić information content (AvgIpc) is 2.59. The fourth-order valence-corrected chi connectivity index (χ4v) is 2.39. The van der Waals surface area contributed by atoms with Crippen LogP contribution >= 0.6 is 0 Å². The molecule has 2 aromatic rings. The second-order valence-electron chi connectivity index (χ2n) is 5.30. The van der Waals surface area contributed by atoms with E-state index in [1.54, 1.807) is 7.11 Å². The first-order valence-corrected chi connectivity index (χ1v) is 7.85. The standard InChI is InChI=1S/C19H23NO3/c1-22-18-12-11-17(15-20-21)14-19(18)23-13-7-3-6-10-16-8-4-2-5-9-16/h2,4-5,8-9,11-12,14-15,21H,3,6-7,10,13H2,1H3. The predicted octanol–water partition coefficient (Wildman–Crippen LogP) is 4.30. The number of methoxy groups -OCH3 is 1. The van der Waals surface area contributed by atoms with Gasteiger partial charge < -0.3 is 14.7 Å². The molecule has 0 radical (unpaired) electrons. The molecule has 122 valence electrons. The summed E-state index contributed by atoms with van der Waals surface area (Å²) >= 11 is 0. The van der Waals surface area contributed by atoms with E-state index in [-0.39, 0.29) is 0 Å². The van der Waals surface area contributed by atoms with Crippen LogP contribution < -0.4 is 9.47 Å². The summed E-state index contributed by atoms with van der Waals surface area (Å²) in [7, 11) is 1.61. The fourth-order valence-electron chi connectivity index (χ4n) is 2.39. The molecule has 0 aliphatic heterocycles. The van der Waals surface area contributed by atoms with Crippen LogP contribution in [-0.2, 0) is 6.42 Å². The summed E-state index contributed by atoms with van der Waals surface area (Å²) in [5, 5.41) is 11.6. The zero-order valence-electron chi connectivity index (χ0n) is 13.4. The highest BCUT2D eigenvalue weighted by Gasteiger charge is 2.05. The van der Waals surface area contributed by atoms with E-state index in [9.17, 15) is 0 Å². The van der Waals surface area contributed by atoms with Crippen molar-refractivity contribution in [2.75, 3.05) is 13.7 Å². The molecule has 0 aromatic heterocycles. The lowest BCUT2D eigenvalue weighted by atomic mass is 10.1. The molecule has 0 aliphatic carbocycles. The van der Waals surface area contributed by atoms with Crippen molar-refractivity contribution >= 4 is 6.21 Å². The quantitative estimate of drug-likeness (QED) is 0.325. The Labute approximate surface area is 137 Å². The molecule has 0 amide bonds. The summed E-state index contributed by atoms with van der Waals surface area (Å²) in [6.07, 6.45) is 5.74. The van der Waals surface area contributed by atoms with Gasteiger partial charge in [0.1, 0.15) is 0 Å². The first kappa shape index (κ1) is 16.9. The van der Waals surface area contributed by atoms with E-state index in [0.717, 1.165) is 31.2 Å². The smallest absolute Gasteiger partial charge is 0.161 e. The Morgan fingerprint density at radius 3 is 2.57 bits per heavy atom. The van der Waals surface area contributed by atoms with Crippen molar-refractivity contribution in [1.82, 2.24) is 0 Å². The maximum Gasteiger partial charge on any atom is 0.161 e. The van der Waals surface area contributed by atoms with Gasteiger partial charge in [-0.3, -0.25) is 0 Å². The molecule has 0 heterocycles. The Balaban J connectivity index is 1.74. The number of rotatable bonds is 9. The Bertz CT molecular complexity index is 611. The van der Waals surface area contributed by atoms with Gasteiger partial charge in [-0.05, 0) is 49.4 Å². The molecule has 0 saturated heterocycles. The van der Waals surface area contributed by atoms with Crippen molar-refractivity contribution in [1.29, 1.82) is 0 Å². The van der Waals surface area contributed by atoms with Crippen molar-refractivity contribution in [3.63, 3.8) is 0 Å². The summed E-state index contributed by atoms with van der Waals surface area (Å²) in [6.45, 7) is 0.644. The maximum atomic E-state index is 8.60. The Hall–Kier alpha value is -2.49. The molecule has 1 N–H and O–H groups in total. The minimum absolute atomic E-state index is 0.644. The molecule has 2 rings (SSSR count). The lowest BCUT2D eigenvalue weighted by molar-refractivity contribution is 0.285. The van der Waals surface area contributed by atoms with Crippen LogP contribution in [-0.4, -0.2) is 25.1 Å². The van der Waals surface area contributed by atoms with Crippen LogP contribution in [0.15, 0.2) is 53.7 Å². The summed E-state index contributed by atoms with van der Waals surface area (Å²) in [5.74, 6) is 1.36. The van der Waals surface area contributed by atoms with Gasteiger partial charge in [-0.1, -0.05) is 35.5 Å². The van der Waals surface area contributed by atoms with Crippen LogP contribution in [0, 0.1) is 0 Å². The van der Waals surface area contributed by atoms with Gasteiger partial charge in [-0.25, -0.2) is 0 Å². The van der Waals surface area contributed by atoms with Crippen LogP contribution in [0.4, 0.5) is 0 Å². The number of benzene rings is 2. The summed E-state index contributed by atoms with van der Waals surface area (Å²) in [4.78, 5) is 0. The summed E-state index contributed by atoms with van der Waals surface area (Å²) in [6, 6.07) is 15.9. The van der Waals surface area contributed by atoms with Gasteiger partial charge in [-0.2, -0.15) is 0 Å². The number of hydrogen-bond acceptors (Lipinski definition) is 4. The molecule has 4 nitrogen and oxygen atoms in total. The van der Waals surface area contributed by atoms with Gasteiger partial charge in [-0.15, -0.1) is 0 Å². The number of aryl methyl sites for hydroxylation is 1. The number of unbranched alkanes of at least 4 members (excludes halogenated alkanes) is 2. The van der Waals surface area contributed by atoms with Crippen molar-refractivity contribution < 1.29 is 14.7 Å². The topological polar surface area (TPSA) is 51.0 Å². The van der Waals surface area contributed by atoms with Gasteiger partial charge >= 0.3 is 0 Å². The van der Waals surface area contributed by atoms with Gasteiger partial charge in [0.2, 0.25) is 0 Å². The van der Waals surface area contributed by atoms with Crippen molar-refractivity contribution in [3.8, 4) is 11.5 Å². The zero-order chi connectivity index (χ0) is 16.3. The largest absolute Gasteiger partial charge is 0.493 e. The molecule has 0 atom stereocenters. The van der Waals surface area contributed by atoms with Crippen LogP contribution in [0.1, 0.15) is 30.4 Å². The molecule has 0 bridgehead atoms. The average molecular weight is 313 g/mol. The minimum atomic E-state index is 0.644. The predicted molar refractivity (Wildman–Crippen MR) is 91.9 cm³/mol. The van der Waals surface area contributed by atoms with Gasteiger partial charge in [0.25, 0.3) is 0 Å². The lowest BCUT2D eigenvalue weighted by Gasteiger charge is -2.11. The first-order valence-electron chi connectivity index (χ1n) is 7.85. The number of ether oxygens (including phenoxy) is 2. The highest BCUT2D eigenvalue weighted by atomic mass is 16.5. The minimum Gasteiger partial charge on any atom is -0.493 e. The molecule has 0 spiro atoms. The van der Waals surface area contributed by atoms with Crippen LogP contribution in [0.5, 0.6) is 11.5 Å². The molecule has 2 aromatic carbocycles. The highest BCUT2D eigenvalue weighted by molar-refractivity contribution is 5.80. The second kappa shape index (κ2) is 9.51.